The molecule has 1 aromatic carbocycles. The van der Waals surface area contributed by atoms with Crippen molar-refractivity contribution < 1.29 is 9.84 Å². The zero-order chi connectivity index (χ0) is 8.89. The van der Waals surface area contributed by atoms with E-state index in [0.717, 1.165) is 25.0 Å². The average Bonchev–Trinajstić information content (AvgIpc) is 2.86. The summed E-state index contributed by atoms with van der Waals surface area (Å²) in [6.07, 6.45) is 2.33. The highest BCUT2D eigenvalue weighted by Crippen LogP contribution is 2.54. The lowest BCUT2D eigenvalue weighted by Gasteiger charge is -2.26. The van der Waals surface area contributed by atoms with E-state index in [9.17, 15) is 5.11 Å². The van der Waals surface area contributed by atoms with Crippen molar-refractivity contribution in [3.63, 3.8) is 0 Å². The van der Waals surface area contributed by atoms with E-state index in [2.05, 4.69) is 0 Å². The second-order valence-electron chi connectivity index (χ2n) is 4.08. The summed E-state index contributed by atoms with van der Waals surface area (Å²) in [5, 5.41) is 9.78. The Morgan fingerprint density at radius 3 is 2.92 bits per heavy atom. The molecule has 1 fully saturated rings. The summed E-state index contributed by atoms with van der Waals surface area (Å²) >= 11 is 0. The summed E-state index contributed by atoms with van der Waals surface area (Å²) in [5.41, 5.74) is 2.50. The van der Waals surface area contributed by atoms with Gasteiger partial charge in [0.1, 0.15) is 5.75 Å². The van der Waals surface area contributed by atoms with Gasteiger partial charge >= 0.3 is 0 Å². The van der Waals surface area contributed by atoms with Crippen LogP contribution >= 0.6 is 0 Å². The Hall–Kier alpha value is -1.02. The lowest BCUT2D eigenvalue weighted by Crippen LogP contribution is -2.22. The lowest BCUT2D eigenvalue weighted by atomic mass is 9.89. The predicted octanol–water partition coefficient (Wildman–Crippen LogP) is 1.95. The number of hydrogen-bond donors (Lipinski definition) is 1. The molecule has 1 aliphatic heterocycles. The maximum absolute atomic E-state index is 9.78. The highest BCUT2D eigenvalue weighted by atomic mass is 16.5. The first-order valence-corrected chi connectivity index (χ1v) is 4.71. The first kappa shape index (κ1) is 7.39. The third-order valence-electron chi connectivity index (χ3n) is 3.15. The smallest absolute Gasteiger partial charge is 0.119 e. The summed E-state index contributed by atoms with van der Waals surface area (Å²) < 4.78 is 5.52. The molecule has 3 rings (SSSR count). The maximum atomic E-state index is 9.78. The molecule has 0 bridgehead atoms. The van der Waals surface area contributed by atoms with Gasteiger partial charge in [0, 0.05) is 11.0 Å². The molecule has 68 valence electrons. The van der Waals surface area contributed by atoms with Crippen molar-refractivity contribution in [1.82, 2.24) is 0 Å². The van der Waals surface area contributed by atoms with Gasteiger partial charge in [-0.2, -0.15) is 0 Å². The molecule has 1 heterocycles. The molecule has 0 saturated heterocycles. The molecule has 2 nitrogen and oxygen atoms in total. The van der Waals surface area contributed by atoms with Gasteiger partial charge in [0.25, 0.3) is 0 Å². The standard InChI is InChI=1S/C11H12O2/c12-9-3-1-2-8-6-13-7-11(4-5-11)10(8)9/h1-3,12H,4-7H2. The molecule has 1 spiro atoms. The van der Waals surface area contributed by atoms with Gasteiger partial charge in [-0.1, -0.05) is 12.1 Å². The van der Waals surface area contributed by atoms with Crippen molar-refractivity contribution in [2.45, 2.75) is 24.9 Å². The van der Waals surface area contributed by atoms with Gasteiger partial charge in [0.15, 0.2) is 0 Å². The SMILES string of the molecule is Oc1cccc2c1C1(CC1)COC2. The minimum Gasteiger partial charge on any atom is -0.508 e. The van der Waals surface area contributed by atoms with Gasteiger partial charge in [-0.3, -0.25) is 0 Å². The Balaban J connectivity index is 2.21. The number of phenols is 1. The van der Waals surface area contributed by atoms with Gasteiger partial charge in [-0.05, 0) is 24.5 Å². The molecule has 0 unspecified atom stereocenters. The van der Waals surface area contributed by atoms with E-state index >= 15 is 0 Å². The Morgan fingerprint density at radius 2 is 2.15 bits per heavy atom. The molecule has 1 aliphatic carbocycles. The van der Waals surface area contributed by atoms with E-state index in [4.69, 9.17) is 4.74 Å². The third-order valence-corrected chi connectivity index (χ3v) is 3.15. The largest absolute Gasteiger partial charge is 0.508 e. The van der Waals surface area contributed by atoms with E-state index in [1.807, 2.05) is 12.1 Å². The van der Waals surface area contributed by atoms with E-state index in [0.29, 0.717) is 12.4 Å². The van der Waals surface area contributed by atoms with Crippen molar-refractivity contribution in [1.29, 1.82) is 0 Å². The quantitative estimate of drug-likeness (QED) is 0.654. The van der Waals surface area contributed by atoms with Crippen LogP contribution in [0, 0.1) is 0 Å². The summed E-state index contributed by atoms with van der Waals surface area (Å²) in [7, 11) is 0. The van der Waals surface area contributed by atoms with Crippen LogP contribution in [-0.4, -0.2) is 11.7 Å². The van der Waals surface area contributed by atoms with Crippen molar-refractivity contribution in [3.05, 3.63) is 29.3 Å². The zero-order valence-corrected chi connectivity index (χ0v) is 7.42. The summed E-state index contributed by atoms with van der Waals surface area (Å²) in [6, 6.07) is 5.72. The van der Waals surface area contributed by atoms with Gasteiger partial charge in [-0.15, -0.1) is 0 Å². The highest BCUT2D eigenvalue weighted by Gasteiger charge is 2.49. The highest BCUT2D eigenvalue weighted by molar-refractivity contribution is 5.48. The van der Waals surface area contributed by atoms with Crippen LogP contribution in [0.15, 0.2) is 18.2 Å². The molecule has 2 aliphatic rings. The van der Waals surface area contributed by atoms with E-state index in [-0.39, 0.29) is 5.41 Å². The lowest BCUT2D eigenvalue weighted by molar-refractivity contribution is 0.0825. The van der Waals surface area contributed by atoms with Gasteiger partial charge in [0.2, 0.25) is 0 Å². The molecule has 0 atom stereocenters. The third kappa shape index (κ3) is 0.923. The van der Waals surface area contributed by atoms with Crippen LogP contribution in [0.25, 0.3) is 0 Å². The predicted molar refractivity (Wildman–Crippen MR) is 48.7 cm³/mol. The number of fused-ring (bicyclic) bond motifs is 2. The second-order valence-corrected chi connectivity index (χ2v) is 4.08. The molecule has 0 aromatic heterocycles. The van der Waals surface area contributed by atoms with Gasteiger partial charge < -0.3 is 9.84 Å². The Morgan fingerprint density at radius 1 is 1.31 bits per heavy atom. The van der Waals surface area contributed by atoms with E-state index < -0.39 is 0 Å². The average molecular weight is 176 g/mol. The maximum Gasteiger partial charge on any atom is 0.119 e. The summed E-state index contributed by atoms with van der Waals surface area (Å²) in [5.74, 6) is 0.457. The summed E-state index contributed by atoms with van der Waals surface area (Å²) in [4.78, 5) is 0. The molecular formula is C11H12O2. The first-order valence-electron chi connectivity index (χ1n) is 4.71. The molecular weight excluding hydrogens is 164 g/mol. The Kier molecular flexibility index (Phi) is 1.29. The monoisotopic (exact) mass is 176 g/mol. The van der Waals surface area contributed by atoms with Crippen molar-refractivity contribution in [3.8, 4) is 5.75 Å². The van der Waals surface area contributed by atoms with Crippen LogP contribution in [0.5, 0.6) is 5.75 Å². The van der Waals surface area contributed by atoms with Crippen LogP contribution in [0.3, 0.4) is 0 Å². The van der Waals surface area contributed by atoms with Crippen LogP contribution in [0.2, 0.25) is 0 Å². The number of phenolic OH excluding ortho intramolecular Hbond substituents is 1. The molecule has 2 heteroatoms. The van der Waals surface area contributed by atoms with Crippen LogP contribution in [0.4, 0.5) is 0 Å². The molecule has 0 amide bonds. The zero-order valence-electron chi connectivity index (χ0n) is 7.42. The minimum absolute atomic E-state index is 0.179. The van der Waals surface area contributed by atoms with Gasteiger partial charge in [0.05, 0.1) is 13.2 Å². The number of rotatable bonds is 0. The minimum atomic E-state index is 0.179. The van der Waals surface area contributed by atoms with Crippen molar-refractivity contribution in [2.75, 3.05) is 6.61 Å². The number of hydrogen-bond acceptors (Lipinski definition) is 2. The molecule has 1 saturated carbocycles. The van der Waals surface area contributed by atoms with E-state index in [1.165, 1.54) is 5.56 Å². The number of benzene rings is 1. The van der Waals surface area contributed by atoms with Gasteiger partial charge in [-0.25, -0.2) is 0 Å². The van der Waals surface area contributed by atoms with E-state index in [1.54, 1.807) is 6.07 Å². The van der Waals surface area contributed by atoms with Crippen LogP contribution in [0.1, 0.15) is 24.0 Å². The Bertz CT molecular complexity index is 353. The normalized spacial score (nSPS) is 22.8. The number of ether oxygens (including phenoxy) is 1. The van der Waals surface area contributed by atoms with Crippen LogP contribution < -0.4 is 0 Å². The molecule has 1 N–H and O–H groups in total. The fourth-order valence-corrected chi connectivity index (χ4v) is 2.29. The first-order chi connectivity index (χ1) is 6.32. The number of aromatic hydroxyl groups is 1. The fraction of sp³-hybridized carbons (Fsp3) is 0.455. The molecule has 0 radical (unpaired) electrons. The summed E-state index contributed by atoms with van der Waals surface area (Å²) in [6.45, 7) is 1.45. The Labute approximate surface area is 77.2 Å². The topological polar surface area (TPSA) is 29.5 Å². The van der Waals surface area contributed by atoms with Crippen molar-refractivity contribution >= 4 is 0 Å². The fourth-order valence-electron chi connectivity index (χ4n) is 2.29. The molecule has 1 aromatic rings. The molecule has 13 heavy (non-hydrogen) atoms. The van der Waals surface area contributed by atoms with Crippen molar-refractivity contribution in [2.24, 2.45) is 0 Å². The van der Waals surface area contributed by atoms with Crippen LogP contribution in [-0.2, 0) is 16.8 Å². The second kappa shape index (κ2) is 2.26.